The Morgan fingerprint density at radius 1 is 1.09 bits per heavy atom. The van der Waals surface area contributed by atoms with Gasteiger partial charge in [0.15, 0.2) is 0 Å². The molecule has 4 nitrogen and oxygen atoms in total. The quantitative estimate of drug-likeness (QED) is 0.774. The van der Waals surface area contributed by atoms with Crippen LogP contribution >= 0.6 is 11.8 Å². The molecule has 0 bridgehead atoms. The molecule has 3 rings (SSSR count). The van der Waals surface area contributed by atoms with Crippen molar-refractivity contribution in [2.24, 2.45) is 0 Å². The summed E-state index contributed by atoms with van der Waals surface area (Å²) in [5.74, 6) is 1.04. The molecule has 1 atom stereocenters. The second-order valence-corrected chi connectivity index (χ2v) is 6.48. The number of carbonyl (C=O) groups excluding carboxylic acids is 1. The number of hydrogen-bond acceptors (Lipinski definition) is 4. The average molecular weight is 323 g/mol. The molecule has 0 spiro atoms. The Kier molecular flexibility index (Phi) is 4.88. The van der Waals surface area contributed by atoms with E-state index in [1.807, 2.05) is 19.1 Å². The van der Waals surface area contributed by atoms with Gasteiger partial charge in [-0.3, -0.25) is 10.1 Å². The van der Waals surface area contributed by atoms with E-state index in [0.717, 1.165) is 5.75 Å². The first-order valence-electron chi connectivity index (χ1n) is 7.40. The largest absolute Gasteiger partial charge is 0.294 e. The number of nitrogens with one attached hydrogen (secondary N) is 1. The van der Waals surface area contributed by atoms with Gasteiger partial charge >= 0.3 is 0 Å². The molecular formula is C18H17N3OS. The van der Waals surface area contributed by atoms with Crippen molar-refractivity contribution in [2.75, 3.05) is 5.32 Å². The summed E-state index contributed by atoms with van der Waals surface area (Å²) in [6.07, 6.45) is 3.22. The molecule has 0 aliphatic rings. The van der Waals surface area contributed by atoms with E-state index < -0.39 is 0 Å². The fourth-order valence-corrected chi connectivity index (χ4v) is 3.18. The molecule has 116 valence electrons. The van der Waals surface area contributed by atoms with Gasteiger partial charge in [0, 0.05) is 18.1 Å². The third kappa shape index (κ3) is 3.87. The Labute approximate surface area is 139 Å². The Bertz CT molecular complexity index is 802. The summed E-state index contributed by atoms with van der Waals surface area (Å²) in [7, 11) is 0. The molecule has 23 heavy (non-hydrogen) atoms. The number of benzene rings is 2. The second-order valence-electron chi connectivity index (χ2n) is 5.15. The third-order valence-corrected chi connectivity index (χ3v) is 4.73. The number of fused-ring (bicyclic) bond motifs is 1. The lowest BCUT2D eigenvalue weighted by atomic mass is 10.1. The van der Waals surface area contributed by atoms with Crippen LogP contribution in [0.5, 0.6) is 0 Å². The lowest BCUT2D eigenvalue weighted by molar-refractivity contribution is -0.115. The van der Waals surface area contributed by atoms with Crippen LogP contribution < -0.4 is 5.32 Å². The molecule has 2 aromatic carbocycles. The Balaban J connectivity index is 1.64. The van der Waals surface area contributed by atoms with Gasteiger partial charge < -0.3 is 0 Å². The van der Waals surface area contributed by atoms with Gasteiger partial charge in [0.05, 0.1) is 5.25 Å². The SMILES string of the molecule is CC(SCc1cccc2ccccc12)C(=O)Nc1ncccn1. The fraction of sp³-hybridized carbons (Fsp3) is 0.167. The molecule has 0 aliphatic heterocycles. The van der Waals surface area contributed by atoms with Crippen molar-refractivity contribution in [1.82, 2.24) is 9.97 Å². The lowest BCUT2D eigenvalue weighted by Crippen LogP contribution is -2.23. The Hall–Kier alpha value is -2.40. The smallest absolute Gasteiger partial charge is 0.239 e. The van der Waals surface area contributed by atoms with E-state index >= 15 is 0 Å². The van der Waals surface area contributed by atoms with Crippen LogP contribution in [0.3, 0.4) is 0 Å². The first-order chi connectivity index (χ1) is 11.2. The molecule has 1 amide bonds. The van der Waals surface area contributed by atoms with Crippen LogP contribution in [0.25, 0.3) is 10.8 Å². The van der Waals surface area contributed by atoms with E-state index in [1.165, 1.54) is 16.3 Å². The summed E-state index contributed by atoms with van der Waals surface area (Å²) in [6, 6.07) is 16.3. The zero-order valence-electron chi connectivity index (χ0n) is 12.8. The summed E-state index contributed by atoms with van der Waals surface area (Å²) < 4.78 is 0. The highest BCUT2D eigenvalue weighted by Gasteiger charge is 2.15. The summed E-state index contributed by atoms with van der Waals surface area (Å²) in [4.78, 5) is 20.2. The highest BCUT2D eigenvalue weighted by molar-refractivity contribution is 7.99. The highest BCUT2D eigenvalue weighted by atomic mass is 32.2. The summed E-state index contributed by atoms with van der Waals surface area (Å²) >= 11 is 1.60. The Morgan fingerprint density at radius 2 is 1.83 bits per heavy atom. The van der Waals surface area contributed by atoms with Crippen molar-refractivity contribution >= 4 is 34.4 Å². The maximum Gasteiger partial charge on any atom is 0.239 e. The number of anilines is 1. The molecule has 1 aromatic heterocycles. The average Bonchev–Trinajstić information content (AvgIpc) is 2.60. The molecular weight excluding hydrogens is 306 g/mol. The molecule has 1 heterocycles. The maximum absolute atomic E-state index is 12.2. The molecule has 0 aliphatic carbocycles. The van der Waals surface area contributed by atoms with Gasteiger partial charge in [-0.2, -0.15) is 0 Å². The van der Waals surface area contributed by atoms with Crippen LogP contribution in [0, 0.1) is 0 Å². The number of nitrogens with zero attached hydrogens (tertiary/aromatic N) is 2. The van der Waals surface area contributed by atoms with Crippen molar-refractivity contribution < 1.29 is 4.79 Å². The van der Waals surface area contributed by atoms with Gasteiger partial charge in [-0.15, -0.1) is 11.8 Å². The molecule has 0 saturated carbocycles. The number of amides is 1. The minimum atomic E-state index is -0.183. The molecule has 1 unspecified atom stereocenters. The van der Waals surface area contributed by atoms with E-state index in [9.17, 15) is 4.79 Å². The number of aromatic nitrogens is 2. The molecule has 5 heteroatoms. The predicted molar refractivity (Wildman–Crippen MR) is 95.4 cm³/mol. The van der Waals surface area contributed by atoms with E-state index in [2.05, 4.69) is 45.6 Å². The minimum Gasteiger partial charge on any atom is -0.294 e. The molecule has 0 saturated heterocycles. The molecule has 1 N–H and O–H groups in total. The number of thioether (sulfide) groups is 1. The third-order valence-electron chi connectivity index (χ3n) is 3.54. The Morgan fingerprint density at radius 3 is 2.65 bits per heavy atom. The number of carbonyl (C=O) groups is 1. The van der Waals surface area contributed by atoms with Crippen LogP contribution in [0.1, 0.15) is 12.5 Å². The van der Waals surface area contributed by atoms with Gasteiger partial charge in [0.1, 0.15) is 0 Å². The van der Waals surface area contributed by atoms with E-state index in [-0.39, 0.29) is 11.2 Å². The van der Waals surface area contributed by atoms with Crippen LogP contribution in [0.15, 0.2) is 60.9 Å². The number of hydrogen-bond donors (Lipinski definition) is 1. The normalized spacial score (nSPS) is 12.0. The standard InChI is InChI=1S/C18H17N3OS/c1-13(17(22)21-18-19-10-5-11-20-18)23-12-15-8-4-7-14-6-2-3-9-16(14)15/h2-11,13H,12H2,1H3,(H,19,20,21,22). The van der Waals surface area contributed by atoms with Gasteiger partial charge in [0.2, 0.25) is 11.9 Å². The predicted octanol–water partition coefficient (Wildman–Crippen LogP) is 3.89. The molecule has 0 radical (unpaired) electrons. The van der Waals surface area contributed by atoms with E-state index in [0.29, 0.717) is 5.95 Å². The van der Waals surface area contributed by atoms with Crippen LogP contribution in [0.4, 0.5) is 5.95 Å². The van der Waals surface area contributed by atoms with Gasteiger partial charge in [-0.05, 0) is 29.3 Å². The number of rotatable bonds is 5. The molecule has 0 fully saturated rings. The van der Waals surface area contributed by atoms with Crippen molar-refractivity contribution in [3.8, 4) is 0 Å². The zero-order valence-corrected chi connectivity index (χ0v) is 13.6. The first-order valence-corrected chi connectivity index (χ1v) is 8.45. The van der Waals surface area contributed by atoms with Crippen LogP contribution in [-0.2, 0) is 10.5 Å². The summed E-state index contributed by atoms with van der Waals surface area (Å²) in [6.45, 7) is 1.90. The summed E-state index contributed by atoms with van der Waals surface area (Å²) in [5, 5.41) is 5.01. The second kappa shape index (κ2) is 7.24. The highest BCUT2D eigenvalue weighted by Crippen LogP contribution is 2.25. The van der Waals surface area contributed by atoms with Crippen molar-refractivity contribution in [1.29, 1.82) is 0 Å². The van der Waals surface area contributed by atoms with Crippen molar-refractivity contribution in [3.05, 3.63) is 66.5 Å². The van der Waals surface area contributed by atoms with E-state index in [4.69, 9.17) is 0 Å². The van der Waals surface area contributed by atoms with Crippen LogP contribution in [0.2, 0.25) is 0 Å². The van der Waals surface area contributed by atoms with Crippen LogP contribution in [-0.4, -0.2) is 21.1 Å². The zero-order chi connectivity index (χ0) is 16.1. The monoisotopic (exact) mass is 323 g/mol. The van der Waals surface area contributed by atoms with Gasteiger partial charge in [0.25, 0.3) is 0 Å². The fourth-order valence-electron chi connectivity index (χ4n) is 2.28. The first kappa shape index (κ1) is 15.5. The topological polar surface area (TPSA) is 54.9 Å². The van der Waals surface area contributed by atoms with E-state index in [1.54, 1.807) is 30.2 Å². The minimum absolute atomic E-state index is 0.0820. The maximum atomic E-state index is 12.2. The lowest BCUT2D eigenvalue weighted by Gasteiger charge is -2.12. The molecule has 3 aromatic rings. The van der Waals surface area contributed by atoms with Crippen molar-refractivity contribution in [3.63, 3.8) is 0 Å². The van der Waals surface area contributed by atoms with Crippen molar-refractivity contribution in [2.45, 2.75) is 17.9 Å². The van der Waals surface area contributed by atoms with Gasteiger partial charge in [-0.1, -0.05) is 42.5 Å². The summed E-state index contributed by atoms with van der Waals surface area (Å²) in [5.41, 5.74) is 1.24. The van der Waals surface area contributed by atoms with Gasteiger partial charge in [-0.25, -0.2) is 9.97 Å².